The Labute approximate surface area is 238 Å². The van der Waals surface area contributed by atoms with Gasteiger partial charge in [-0.05, 0) is 136 Å². The second-order valence-corrected chi connectivity index (χ2v) is 17.6. The van der Waals surface area contributed by atoms with Crippen molar-refractivity contribution in [1.29, 1.82) is 0 Å². The average molecular weight is 559 g/mol. The van der Waals surface area contributed by atoms with Crippen LogP contribution in [-0.2, 0) is 9.84 Å². The van der Waals surface area contributed by atoms with Crippen molar-refractivity contribution in [3.8, 4) is 0 Å². The van der Waals surface area contributed by atoms with Gasteiger partial charge in [-0.2, -0.15) is 0 Å². The second kappa shape index (κ2) is 10.4. The third kappa shape index (κ3) is 5.05. The first-order valence-corrected chi connectivity index (χ1v) is 17.4. The summed E-state index contributed by atoms with van der Waals surface area (Å²) in [5, 5.41) is 21.2. The molecule has 4 saturated carbocycles. The maximum Gasteiger partial charge on any atom is 0.181 e. The fourth-order valence-electron chi connectivity index (χ4n) is 10.5. The zero-order valence-corrected chi connectivity index (χ0v) is 26.1. The highest BCUT2D eigenvalue weighted by Gasteiger charge is 2.62. The van der Waals surface area contributed by atoms with Crippen LogP contribution in [0, 0.1) is 52.3 Å². The number of rotatable bonds is 7. The molecule has 39 heavy (non-hydrogen) atoms. The van der Waals surface area contributed by atoms with Gasteiger partial charge >= 0.3 is 0 Å². The minimum atomic E-state index is -3.57. The monoisotopic (exact) mass is 558 g/mol. The van der Waals surface area contributed by atoms with Crippen molar-refractivity contribution in [2.75, 3.05) is 0 Å². The van der Waals surface area contributed by atoms with E-state index in [0.717, 1.165) is 37.5 Å². The van der Waals surface area contributed by atoms with E-state index in [0.29, 0.717) is 34.5 Å². The molecule has 1 aromatic carbocycles. The molecule has 0 spiro atoms. The van der Waals surface area contributed by atoms with Crippen LogP contribution in [0.4, 0.5) is 0 Å². The predicted molar refractivity (Wildman–Crippen MR) is 158 cm³/mol. The van der Waals surface area contributed by atoms with Crippen LogP contribution in [0.1, 0.15) is 106 Å². The normalized spacial score (nSPS) is 42.7. The summed E-state index contributed by atoms with van der Waals surface area (Å²) >= 11 is 0. The smallest absolute Gasteiger partial charge is 0.181 e. The van der Waals surface area contributed by atoms with Crippen molar-refractivity contribution in [3.63, 3.8) is 0 Å². The highest BCUT2D eigenvalue weighted by molar-refractivity contribution is 7.92. The van der Waals surface area contributed by atoms with Crippen molar-refractivity contribution in [3.05, 3.63) is 30.3 Å². The molecule has 220 valence electrons. The molecule has 0 saturated heterocycles. The molecule has 1 aromatic rings. The van der Waals surface area contributed by atoms with Gasteiger partial charge in [0, 0.05) is 0 Å². The van der Waals surface area contributed by atoms with Gasteiger partial charge in [0.05, 0.1) is 21.9 Å². The van der Waals surface area contributed by atoms with Gasteiger partial charge in [0.2, 0.25) is 0 Å². The Kier molecular flexibility index (Phi) is 7.90. The van der Waals surface area contributed by atoms with Crippen molar-refractivity contribution >= 4 is 9.84 Å². The van der Waals surface area contributed by atoms with Gasteiger partial charge in [-0.25, -0.2) is 8.42 Å². The van der Waals surface area contributed by atoms with Crippen molar-refractivity contribution < 1.29 is 18.6 Å². The summed E-state index contributed by atoms with van der Waals surface area (Å²) in [5.74, 6) is 3.10. The lowest BCUT2D eigenvalue weighted by atomic mass is 9.43. The van der Waals surface area contributed by atoms with Crippen LogP contribution in [0.2, 0.25) is 0 Å². The summed E-state index contributed by atoms with van der Waals surface area (Å²) in [6.45, 7) is 13.2. The molecular formula is C34H54O4S. The highest BCUT2D eigenvalue weighted by Crippen LogP contribution is 2.69. The molecule has 11 atom stereocenters. The molecular weight excluding hydrogens is 504 g/mol. The number of fused-ring (bicyclic) bond motifs is 5. The van der Waals surface area contributed by atoms with Gasteiger partial charge in [0.1, 0.15) is 0 Å². The summed E-state index contributed by atoms with van der Waals surface area (Å²) in [6, 6.07) is 8.93. The standard InChI is InChI=1S/C34H54O4S/c1-22(2)30(35)20-31(39(37,38)25-10-8-7-9-11-25)23(3)27-14-15-28-26-13-12-24-21-32(4,36)18-19-33(24,5)29(26)16-17-34(27,28)6/h7-11,22-24,26-31,35-36H,12-21H2,1-6H3/t23-,24-,26-,27+,28-,29-,30-,31?,32-,33-,34+/m0/s1. The minimum absolute atomic E-state index is 0.00754. The van der Waals surface area contributed by atoms with Gasteiger partial charge < -0.3 is 10.2 Å². The van der Waals surface area contributed by atoms with Gasteiger partial charge in [-0.3, -0.25) is 0 Å². The number of hydrogen-bond acceptors (Lipinski definition) is 4. The van der Waals surface area contributed by atoms with Gasteiger partial charge in [0.25, 0.3) is 0 Å². The summed E-state index contributed by atoms with van der Waals surface area (Å²) in [6.07, 6.45) is 9.89. The lowest BCUT2D eigenvalue weighted by Crippen LogP contribution is -2.56. The Morgan fingerprint density at radius 3 is 2.21 bits per heavy atom. The molecule has 0 heterocycles. The van der Waals surface area contributed by atoms with Crippen molar-refractivity contribution in [1.82, 2.24) is 0 Å². The number of hydrogen-bond donors (Lipinski definition) is 2. The molecule has 5 rings (SSSR count). The van der Waals surface area contributed by atoms with E-state index in [2.05, 4.69) is 20.8 Å². The van der Waals surface area contributed by atoms with E-state index in [4.69, 9.17) is 0 Å². The van der Waals surface area contributed by atoms with E-state index in [9.17, 15) is 18.6 Å². The quantitative estimate of drug-likeness (QED) is 0.369. The SMILES string of the molecule is CC(C)[C@@H](O)CC([C@@H](C)[C@H]1CC[C@H]2[C@@H]3CC[C@H]4C[C@@](C)(O)CC[C@]4(C)[C@H]3CC[C@]12C)S(=O)(=O)c1ccccc1. The average Bonchev–Trinajstić information content (AvgIpc) is 3.24. The molecule has 5 heteroatoms. The molecule has 4 nitrogen and oxygen atoms in total. The highest BCUT2D eigenvalue weighted by atomic mass is 32.2. The molecule has 1 unspecified atom stereocenters. The van der Waals surface area contributed by atoms with Gasteiger partial charge in [0.15, 0.2) is 9.84 Å². The van der Waals surface area contributed by atoms with Crippen LogP contribution in [0.25, 0.3) is 0 Å². The maximum absolute atomic E-state index is 14.1. The third-order valence-corrected chi connectivity index (χ3v) is 15.3. The molecule has 0 radical (unpaired) electrons. The number of aliphatic hydroxyl groups excluding tert-OH is 1. The largest absolute Gasteiger partial charge is 0.393 e. The van der Waals surface area contributed by atoms with Crippen molar-refractivity contribution in [2.45, 2.75) is 128 Å². The minimum Gasteiger partial charge on any atom is -0.393 e. The molecule has 0 aromatic heterocycles. The van der Waals surface area contributed by atoms with E-state index in [1.54, 1.807) is 12.1 Å². The Morgan fingerprint density at radius 1 is 0.872 bits per heavy atom. The summed E-state index contributed by atoms with van der Waals surface area (Å²) < 4.78 is 28.2. The Bertz CT molecular complexity index is 1110. The van der Waals surface area contributed by atoms with E-state index in [-0.39, 0.29) is 17.3 Å². The Hall–Kier alpha value is -0.910. The number of sulfone groups is 1. The fourth-order valence-corrected chi connectivity index (χ4v) is 12.6. The molecule has 0 amide bonds. The molecule has 0 bridgehead atoms. The second-order valence-electron chi connectivity index (χ2n) is 15.4. The summed E-state index contributed by atoms with van der Waals surface area (Å²) in [4.78, 5) is 0.389. The van der Waals surface area contributed by atoms with Crippen LogP contribution in [0.5, 0.6) is 0 Å². The van der Waals surface area contributed by atoms with Crippen LogP contribution in [-0.4, -0.2) is 35.6 Å². The summed E-state index contributed by atoms with van der Waals surface area (Å²) in [5.41, 5.74) is -0.0260. The van der Waals surface area contributed by atoms with Crippen LogP contribution in [0.15, 0.2) is 35.2 Å². The van der Waals surface area contributed by atoms with Crippen LogP contribution < -0.4 is 0 Å². The summed E-state index contributed by atoms with van der Waals surface area (Å²) in [7, 11) is -3.57. The molecule has 4 aliphatic rings. The zero-order chi connectivity index (χ0) is 28.4. The van der Waals surface area contributed by atoms with Crippen LogP contribution in [0.3, 0.4) is 0 Å². The van der Waals surface area contributed by atoms with E-state index in [1.165, 1.54) is 32.1 Å². The lowest BCUT2D eigenvalue weighted by molar-refractivity contribution is -0.148. The Morgan fingerprint density at radius 2 is 1.54 bits per heavy atom. The van der Waals surface area contributed by atoms with E-state index in [1.807, 2.05) is 39.0 Å². The fraction of sp³-hybridized carbons (Fsp3) is 0.824. The van der Waals surface area contributed by atoms with E-state index < -0.39 is 26.8 Å². The predicted octanol–water partition coefficient (Wildman–Crippen LogP) is 7.28. The molecule has 4 fully saturated rings. The topological polar surface area (TPSA) is 74.6 Å². The first kappa shape index (κ1) is 29.6. The number of aliphatic hydroxyl groups is 2. The van der Waals surface area contributed by atoms with Gasteiger partial charge in [-0.1, -0.05) is 52.8 Å². The first-order valence-electron chi connectivity index (χ1n) is 15.9. The zero-order valence-electron chi connectivity index (χ0n) is 25.3. The first-order chi connectivity index (χ1) is 18.2. The maximum atomic E-state index is 14.1. The number of benzene rings is 1. The van der Waals surface area contributed by atoms with E-state index >= 15 is 0 Å². The molecule has 4 aliphatic carbocycles. The van der Waals surface area contributed by atoms with Crippen LogP contribution >= 0.6 is 0 Å². The molecule has 2 N–H and O–H groups in total. The third-order valence-electron chi connectivity index (χ3n) is 13.0. The van der Waals surface area contributed by atoms with Gasteiger partial charge in [-0.15, -0.1) is 0 Å². The van der Waals surface area contributed by atoms with Crippen molar-refractivity contribution in [2.24, 2.45) is 52.3 Å². The Balaban J connectivity index is 1.42. The molecule has 0 aliphatic heterocycles. The lowest BCUT2D eigenvalue weighted by Gasteiger charge is -2.62.